The number of carbonyl (C=O) groups excluding carboxylic acids is 4. The molecule has 1 aliphatic heterocycles. The second-order valence-electron chi connectivity index (χ2n) is 16.4. The van der Waals surface area contributed by atoms with Crippen molar-refractivity contribution in [3.63, 3.8) is 0 Å². The molecular weight excluding hydrogens is 832 g/mol. The Labute approximate surface area is 349 Å². The zero-order valence-electron chi connectivity index (χ0n) is 33.6. The van der Waals surface area contributed by atoms with Crippen LogP contribution < -0.4 is 25.4 Å². The molecule has 2 aromatic heterocycles. The quantitative estimate of drug-likeness (QED) is 0.126. The number of likely N-dealkylation sites (tertiary alicyclic amines) is 1. The molecule has 0 radical (unpaired) electrons. The Morgan fingerprint density at radius 2 is 1.83 bits per heavy atom. The largest absolute Gasteiger partial charge is 0.493 e. The Kier molecular flexibility index (Phi) is 12.7. The van der Waals surface area contributed by atoms with Gasteiger partial charge in [-0.25, -0.2) is 19.6 Å². The number of halogens is 1. The molecule has 312 valence electrons. The zero-order chi connectivity index (χ0) is 42.1. The molecule has 3 heterocycles. The lowest BCUT2D eigenvalue weighted by Gasteiger charge is -2.35. The average Bonchev–Trinajstić information content (AvgIpc) is 3.58. The van der Waals surface area contributed by atoms with E-state index in [0.29, 0.717) is 50.0 Å². The van der Waals surface area contributed by atoms with Gasteiger partial charge in [-0.3, -0.25) is 14.4 Å². The summed E-state index contributed by atoms with van der Waals surface area (Å²) in [6.07, 6.45) is 3.37. The first-order valence-corrected chi connectivity index (χ1v) is 21.3. The van der Waals surface area contributed by atoms with Crippen molar-refractivity contribution in [1.29, 1.82) is 0 Å². The molecule has 5 atom stereocenters. The van der Waals surface area contributed by atoms with E-state index in [1.165, 1.54) is 22.3 Å². The molecule has 3 aliphatic rings. The number of nitrogens with zero attached hydrogens (tertiary/aromatic N) is 3. The third kappa shape index (κ3) is 9.09. The molecule has 2 aliphatic carbocycles. The van der Waals surface area contributed by atoms with Crippen LogP contribution in [0.1, 0.15) is 80.1 Å². The van der Waals surface area contributed by atoms with Crippen molar-refractivity contribution in [3.8, 4) is 22.9 Å². The molecule has 4 amide bonds. The maximum Gasteiger partial charge on any atom is 0.408 e. The summed E-state index contributed by atoms with van der Waals surface area (Å²) in [6, 6.07) is 3.07. The minimum absolute atomic E-state index is 0.00877. The van der Waals surface area contributed by atoms with E-state index < -0.39 is 58.9 Å². The molecule has 4 N–H and O–H groups in total. The Bertz CT molecular complexity index is 2100. The van der Waals surface area contributed by atoms with Gasteiger partial charge in [0, 0.05) is 35.1 Å². The highest BCUT2D eigenvalue weighted by Gasteiger charge is 2.61. The Morgan fingerprint density at radius 3 is 2.45 bits per heavy atom. The second kappa shape index (κ2) is 17.2. The van der Waals surface area contributed by atoms with Gasteiger partial charge in [0.05, 0.1) is 28.8 Å². The van der Waals surface area contributed by atoms with Crippen LogP contribution >= 0.6 is 27.3 Å². The summed E-state index contributed by atoms with van der Waals surface area (Å²) in [5.41, 5.74) is -0.927. The van der Waals surface area contributed by atoms with Gasteiger partial charge in [-0.1, -0.05) is 40.7 Å². The van der Waals surface area contributed by atoms with E-state index >= 15 is 0 Å². The highest BCUT2D eigenvalue weighted by molar-refractivity contribution is 9.10. The van der Waals surface area contributed by atoms with Crippen molar-refractivity contribution in [2.75, 3.05) is 18.5 Å². The second-order valence-corrected chi connectivity index (χ2v) is 18.1. The normalized spacial score (nSPS) is 22.3. The van der Waals surface area contributed by atoms with Crippen LogP contribution in [0.4, 0.5) is 9.93 Å². The lowest BCUT2D eigenvalue weighted by Crippen LogP contribution is -2.59. The fourth-order valence-corrected chi connectivity index (χ4v) is 8.66. The van der Waals surface area contributed by atoms with E-state index in [-0.39, 0.29) is 37.3 Å². The number of anilines is 1. The van der Waals surface area contributed by atoms with Gasteiger partial charge in [0.1, 0.15) is 47.0 Å². The third-order valence-electron chi connectivity index (χ3n) is 10.8. The number of rotatable bonds is 14. The Morgan fingerprint density at radius 1 is 1.10 bits per heavy atom. The maximum absolute atomic E-state index is 14.6. The third-order valence-corrected chi connectivity index (χ3v) is 12.3. The highest BCUT2D eigenvalue weighted by Crippen LogP contribution is 2.45. The van der Waals surface area contributed by atoms with E-state index in [4.69, 9.17) is 19.2 Å². The molecule has 1 aromatic carbocycles. The van der Waals surface area contributed by atoms with Gasteiger partial charge in [-0.15, -0.1) is 17.9 Å². The van der Waals surface area contributed by atoms with Crippen LogP contribution in [0, 0.1) is 17.3 Å². The molecule has 3 fully saturated rings. The first-order chi connectivity index (χ1) is 27.4. The molecule has 1 saturated heterocycles. The van der Waals surface area contributed by atoms with Crippen molar-refractivity contribution in [2.45, 2.75) is 110 Å². The first kappa shape index (κ1) is 42.8. The summed E-state index contributed by atoms with van der Waals surface area (Å²) in [6.45, 7) is 14.9. The Balaban J connectivity index is 1.35. The van der Waals surface area contributed by atoms with Gasteiger partial charge in [0.15, 0.2) is 5.13 Å². The van der Waals surface area contributed by atoms with Crippen LogP contribution in [0.2, 0.25) is 0 Å². The molecule has 58 heavy (non-hydrogen) atoms. The van der Waals surface area contributed by atoms with Crippen molar-refractivity contribution in [2.24, 2.45) is 17.3 Å². The number of ether oxygens (including phenoxy) is 3. The van der Waals surface area contributed by atoms with Gasteiger partial charge in [-0.05, 0) is 72.5 Å². The highest BCUT2D eigenvalue weighted by atomic mass is 79.9. The van der Waals surface area contributed by atoms with E-state index in [1.807, 2.05) is 13.0 Å². The van der Waals surface area contributed by atoms with Crippen LogP contribution in [0.15, 0.2) is 40.7 Å². The predicted molar refractivity (Wildman–Crippen MR) is 222 cm³/mol. The van der Waals surface area contributed by atoms with E-state index in [1.54, 1.807) is 52.1 Å². The van der Waals surface area contributed by atoms with Gasteiger partial charge in [0.25, 0.3) is 0 Å². The molecule has 17 heteroatoms. The number of benzene rings is 1. The molecule has 3 aromatic rings. The number of aliphatic carboxylic acids is 1. The molecule has 6 rings (SSSR count). The van der Waals surface area contributed by atoms with Gasteiger partial charge < -0.3 is 40.2 Å². The first-order valence-electron chi connectivity index (χ1n) is 19.6. The molecule has 15 nitrogen and oxygen atoms in total. The fourth-order valence-electron chi connectivity index (χ4n) is 7.40. The fraction of sp³-hybridized carbons (Fsp3) is 0.537. The molecule has 0 unspecified atom stereocenters. The lowest BCUT2D eigenvalue weighted by atomic mass is 9.85. The monoisotopic (exact) mass is 882 g/mol. The number of hydrogen-bond donors (Lipinski definition) is 4. The minimum Gasteiger partial charge on any atom is -0.493 e. The average molecular weight is 884 g/mol. The number of hydrogen-bond acceptors (Lipinski definition) is 11. The Hall–Kier alpha value is -4.77. The number of alkyl carbamates (subject to hydrolysis) is 1. The van der Waals surface area contributed by atoms with Crippen LogP contribution in [-0.4, -0.2) is 92.7 Å². The number of pyridine rings is 1. The van der Waals surface area contributed by atoms with Gasteiger partial charge in [0.2, 0.25) is 17.7 Å². The van der Waals surface area contributed by atoms with Crippen molar-refractivity contribution >= 4 is 73.1 Å². The smallest absolute Gasteiger partial charge is 0.408 e. The summed E-state index contributed by atoms with van der Waals surface area (Å²) < 4.78 is 18.8. The number of amides is 4. The van der Waals surface area contributed by atoms with Crippen molar-refractivity contribution in [3.05, 3.63) is 40.7 Å². The number of fused-ring (bicyclic) bond motifs is 1. The van der Waals surface area contributed by atoms with E-state index in [2.05, 4.69) is 43.4 Å². The number of aromatic nitrogens is 2. The summed E-state index contributed by atoms with van der Waals surface area (Å²) in [4.78, 5) is 77.7. The van der Waals surface area contributed by atoms with Crippen LogP contribution in [0.25, 0.3) is 22.3 Å². The number of carbonyl (C=O) groups is 5. The van der Waals surface area contributed by atoms with E-state index in [0.717, 1.165) is 25.7 Å². The van der Waals surface area contributed by atoms with Crippen LogP contribution in [-0.2, 0) is 23.9 Å². The van der Waals surface area contributed by atoms with Gasteiger partial charge in [-0.2, -0.15) is 0 Å². The summed E-state index contributed by atoms with van der Waals surface area (Å²) in [5, 5.41) is 21.2. The maximum atomic E-state index is 14.6. The van der Waals surface area contributed by atoms with Crippen LogP contribution in [0.3, 0.4) is 0 Å². The number of carboxylic acid groups (broad SMARTS) is 1. The number of thiazole rings is 1. The summed E-state index contributed by atoms with van der Waals surface area (Å²) >= 11 is 4.91. The van der Waals surface area contributed by atoms with Crippen molar-refractivity contribution < 1.29 is 43.3 Å². The molecular formula is C41H51BrN6O9S. The standard InChI is InChI=1S/C41H51BrN6O9S/c1-8-22-18-41(22,37(52)53)47-35(50)28-16-24(19-48(28)36(51)33(40(5,6)7)45-39(54)57-23-12-10-11-13-23)56-30-17-26(27-20-58-38(44-27)46-34(49)21(3)4)43-32-25(30)14-15-29(31(32)42)55-9-2/h8,14-15,17,20-24,28,33H,1,9-13,16,18-19H2,2-7H3,(H,45,54)(H,47,50)(H,52,53)(H,44,46,49)/t22-,24-,28+,33-,41-/m1/s1. The minimum atomic E-state index is -1.54. The molecule has 0 bridgehead atoms. The van der Waals surface area contributed by atoms with Gasteiger partial charge >= 0.3 is 12.1 Å². The number of nitrogens with one attached hydrogen (secondary N) is 3. The topological polar surface area (TPSA) is 198 Å². The van der Waals surface area contributed by atoms with Crippen LogP contribution in [0.5, 0.6) is 11.5 Å². The SMILES string of the molecule is C=C[C@@H]1C[C@]1(NC(=O)[C@@H]1C[C@@H](Oc2cc(-c3csc(NC(=O)C(C)C)n3)nc3c(Br)c(OCC)ccc23)CN1C(=O)[C@@H](NC(=O)OC1CCCC1)C(C)(C)C)C(=O)O. The lowest BCUT2D eigenvalue weighted by molar-refractivity contribution is -0.146. The molecule has 0 spiro atoms. The molecule has 2 saturated carbocycles. The van der Waals surface area contributed by atoms with Crippen molar-refractivity contribution in [1.82, 2.24) is 25.5 Å². The zero-order valence-corrected chi connectivity index (χ0v) is 36.0. The predicted octanol–water partition coefficient (Wildman–Crippen LogP) is 6.69. The van der Waals surface area contributed by atoms with E-state index in [9.17, 15) is 29.1 Å². The number of carboxylic acids is 1. The summed E-state index contributed by atoms with van der Waals surface area (Å²) in [5.74, 6) is -2.35. The summed E-state index contributed by atoms with van der Waals surface area (Å²) in [7, 11) is 0.